The molecule has 1 rings (SSSR count). The minimum atomic E-state index is -1.02. The number of alkyl halides is 2. The van der Waals surface area contributed by atoms with Crippen LogP contribution in [0.5, 0.6) is 0 Å². The van der Waals surface area contributed by atoms with Gasteiger partial charge in [0.15, 0.2) is 4.33 Å². The Kier molecular flexibility index (Phi) is 2.57. The van der Waals surface area contributed by atoms with E-state index < -0.39 is 4.33 Å². The fourth-order valence-corrected chi connectivity index (χ4v) is 1.58. The van der Waals surface area contributed by atoms with Crippen LogP contribution >= 0.6 is 46.4 Å². The summed E-state index contributed by atoms with van der Waals surface area (Å²) in [7, 11) is 0. The summed E-state index contributed by atoms with van der Waals surface area (Å²) >= 11 is 22.8. The monoisotopic (exact) mass is 216 g/mol. The minimum absolute atomic E-state index is 0.382. The molecular formula is C6H4Cl4. The molecule has 0 aromatic heterocycles. The first-order valence-corrected chi connectivity index (χ1v) is 4.14. The van der Waals surface area contributed by atoms with Gasteiger partial charge < -0.3 is 0 Å². The van der Waals surface area contributed by atoms with Crippen molar-refractivity contribution in [1.29, 1.82) is 0 Å². The Labute approximate surface area is 79.4 Å². The Morgan fingerprint density at radius 1 is 1.20 bits per heavy atom. The van der Waals surface area contributed by atoms with Crippen molar-refractivity contribution in [2.45, 2.75) is 10.8 Å². The molecule has 0 aliphatic heterocycles. The van der Waals surface area contributed by atoms with Gasteiger partial charge in [-0.05, 0) is 12.2 Å². The second kappa shape index (κ2) is 2.94. The third-order valence-corrected chi connectivity index (χ3v) is 2.73. The largest absolute Gasteiger partial charge is 0.158 e. The molecule has 0 fully saturated rings. The van der Waals surface area contributed by atoms with Crippen LogP contribution in [0.15, 0.2) is 22.2 Å². The molecule has 4 heteroatoms. The van der Waals surface area contributed by atoms with Gasteiger partial charge in [0.05, 0.1) is 5.03 Å². The van der Waals surface area contributed by atoms with Crippen LogP contribution in [-0.4, -0.2) is 4.33 Å². The van der Waals surface area contributed by atoms with Gasteiger partial charge in [-0.15, -0.1) is 0 Å². The predicted octanol–water partition coefficient (Wildman–Crippen LogP) is 3.81. The Hall–Kier alpha value is 0.640. The van der Waals surface area contributed by atoms with Crippen LogP contribution in [0.25, 0.3) is 0 Å². The molecule has 0 bridgehead atoms. The summed E-state index contributed by atoms with van der Waals surface area (Å²) in [4.78, 5) is 0. The molecule has 0 heterocycles. The van der Waals surface area contributed by atoms with Crippen LogP contribution in [0.3, 0.4) is 0 Å². The Bertz CT molecular complexity index is 202. The topological polar surface area (TPSA) is 0 Å². The summed E-state index contributed by atoms with van der Waals surface area (Å²) < 4.78 is -1.02. The third-order valence-electron chi connectivity index (χ3n) is 1.15. The van der Waals surface area contributed by atoms with E-state index >= 15 is 0 Å². The first kappa shape index (κ1) is 8.73. The molecular weight excluding hydrogens is 214 g/mol. The van der Waals surface area contributed by atoms with Crippen LogP contribution in [0.4, 0.5) is 0 Å². The summed E-state index contributed by atoms with van der Waals surface area (Å²) in [5.74, 6) is 0. The highest BCUT2D eigenvalue weighted by Crippen LogP contribution is 2.42. The Morgan fingerprint density at radius 3 is 2.20 bits per heavy atom. The second-order valence-corrected chi connectivity index (χ2v) is 4.39. The van der Waals surface area contributed by atoms with Crippen molar-refractivity contribution in [1.82, 2.24) is 0 Å². The second-order valence-electron chi connectivity index (χ2n) is 2.01. The molecule has 0 radical (unpaired) electrons. The van der Waals surface area contributed by atoms with Gasteiger partial charge in [0.1, 0.15) is 0 Å². The van der Waals surface area contributed by atoms with Gasteiger partial charge in [-0.2, -0.15) is 0 Å². The van der Waals surface area contributed by atoms with Crippen molar-refractivity contribution in [2.24, 2.45) is 0 Å². The van der Waals surface area contributed by atoms with Gasteiger partial charge in [-0.1, -0.05) is 46.4 Å². The maximum absolute atomic E-state index is 5.76. The molecule has 10 heavy (non-hydrogen) atoms. The van der Waals surface area contributed by atoms with Crippen molar-refractivity contribution >= 4 is 46.4 Å². The van der Waals surface area contributed by atoms with Gasteiger partial charge in [0.2, 0.25) is 0 Å². The van der Waals surface area contributed by atoms with Crippen LogP contribution < -0.4 is 0 Å². The average molecular weight is 218 g/mol. The van der Waals surface area contributed by atoms with E-state index in [4.69, 9.17) is 46.4 Å². The van der Waals surface area contributed by atoms with E-state index in [-0.39, 0.29) is 0 Å². The van der Waals surface area contributed by atoms with Crippen LogP contribution in [0.1, 0.15) is 6.42 Å². The van der Waals surface area contributed by atoms with E-state index in [1.54, 1.807) is 12.2 Å². The zero-order valence-corrected chi connectivity index (χ0v) is 7.90. The summed E-state index contributed by atoms with van der Waals surface area (Å²) in [6.45, 7) is 0. The van der Waals surface area contributed by atoms with Gasteiger partial charge >= 0.3 is 0 Å². The molecule has 1 aliphatic rings. The summed E-state index contributed by atoms with van der Waals surface area (Å²) in [6.07, 6.45) is 3.67. The van der Waals surface area contributed by atoms with E-state index in [2.05, 4.69) is 0 Å². The lowest BCUT2D eigenvalue weighted by molar-refractivity contribution is 0.928. The lowest BCUT2D eigenvalue weighted by atomic mass is 10.2. The maximum atomic E-state index is 5.76. The molecule has 0 spiro atoms. The lowest BCUT2D eigenvalue weighted by Crippen LogP contribution is -2.15. The molecule has 1 aliphatic carbocycles. The fourth-order valence-electron chi connectivity index (χ4n) is 0.641. The van der Waals surface area contributed by atoms with E-state index in [1.165, 1.54) is 0 Å². The van der Waals surface area contributed by atoms with Crippen molar-refractivity contribution in [3.63, 3.8) is 0 Å². The van der Waals surface area contributed by atoms with Crippen molar-refractivity contribution < 1.29 is 0 Å². The quantitative estimate of drug-likeness (QED) is 0.542. The highest BCUT2D eigenvalue weighted by molar-refractivity contribution is 6.57. The molecule has 0 nitrogen and oxygen atoms in total. The molecule has 0 saturated carbocycles. The van der Waals surface area contributed by atoms with E-state index in [9.17, 15) is 0 Å². The smallest absolute Gasteiger partial charge is 0.0949 e. The third kappa shape index (κ3) is 1.82. The summed E-state index contributed by atoms with van der Waals surface area (Å²) in [6, 6.07) is 0. The van der Waals surface area contributed by atoms with Gasteiger partial charge in [-0.3, -0.25) is 0 Å². The van der Waals surface area contributed by atoms with E-state index in [1.807, 2.05) is 0 Å². The highest BCUT2D eigenvalue weighted by Gasteiger charge is 2.30. The SMILES string of the molecule is ClC1=CC=C(Cl)C(Cl)(Cl)C1. The zero-order chi connectivity index (χ0) is 7.78. The maximum Gasteiger partial charge on any atom is 0.158 e. The number of hydrogen-bond donors (Lipinski definition) is 0. The van der Waals surface area contributed by atoms with Crippen molar-refractivity contribution in [2.75, 3.05) is 0 Å². The summed E-state index contributed by atoms with van der Waals surface area (Å²) in [5.41, 5.74) is 0. The Balaban J connectivity index is 2.89. The highest BCUT2D eigenvalue weighted by atomic mass is 35.5. The number of hydrogen-bond acceptors (Lipinski definition) is 0. The van der Waals surface area contributed by atoms with Crippen LogP contribution in [0.2, 0.25) is 0 Å². The van der Waals surface area contributed by atoms with E-state index in [0.29, 0.717) is 16.5 Å². The van der Waals surface area contributed by atoms with Crippen molar-refractivity contribution in [3.05, 3.63) is 22.2 Å². The molecule has 0 amide bonds. The molecule has 0 atom stereocenters. The fraction of sp³-hybridized carbons (Fsp3) is 0.333. The van der Waals surface area contributed by atoms with E-state index in [0.717, 1.165) is 0 Å². The standard InChI is InChI=1S/C6H4Cl4/c7-4-1-2-5(8)6(9,10)3-4/h1-2H,3H2. The number of halogens is 4. The molecule has 56 valence electrons. The number of allylic oxidation sites excluding steroid dienone is 4. The average Bonchev–Trinajstić information content (AvgIpc) is 1.78. The lowest BCUT2D eigenvalue weighted by Gasteiger charge is -2.20. The minimum Gasteiger partial charge on any atom is -0.0949 e. The first-order valence-electron chi connectivity index (χ1n) is 2.62. The molecule has 0 saturated heterocycles. The first-order chi connectivity index (χ1) is 4.52. The molecule has 0 aromatic rings. The number of rotatable bonds is 0. The predicted molar refractivity (Wildman–Crippen MR) is 46.9 cm³/mol. The van der Waals surface area contributed by atoms with Gasteiger partial charge in [0, 0.05) is 11.5 Å². The van der Waals surface area contributed by atoms with Crippen molar-refractivity contribution in [3.8, 4) is 0 Å². The van der Waals surface area contributed by atoms with Crippen LogP contribution in [0, 0.1) is 0 Å². The normalized spacial score (nSPS) is 23.6. The zero-order valence-electron chi connectivity index (χ0n) is 4.87. The summed E-state index contributed by atoms with van der Waals surface area (Å²) in [5, 5.41) is 1.04. The van der Waals surface area contributed by atoms with Crippen LogP contribution in [-0.2, 0) is 0 Å². The Morgan fingerprint density at radius 2 is 1.80 bits per heavy atom. The molecule has 0 N–H and O–H groups in total. The molecule has 0 aromatic carbocycles. The molecule has 0 unspecified atom stereocenters. The van der Waals surface area contributed by atoms with Gasteiger partial charge in [-0.25, -0.2) is 0 Å². The van der Waals surface area contributed by atoms with Gasteiger partial charge in [0.25, 0.3) is 0 Å².